The second kappa shape index (κ2) is 6.98. The number of pyridine rings is 2. The van der Waals surface area contributed by atoms with Gasteiger partial charge in [0.05, 0.1) is 11.4 Å². The Morgan fingerprint density at radius 3 is 1.46 bits per heavy atom. The fraction of sp³-hybridized carbons (Fsp3) is 0.500. The Bertz CT molecular complexity index is 1390. The molecule has 190 valence electrons. The van der Waals surface area contributed by atoms with E-state index in [1.54, 1.807) is 0 Å². The molecule has 4 heterocycles. The highest BCUT2D eigenvalue weighted by molar-refractivity contribution is 6.98. The number of benzene rings is 1. The van der Waals surface area contributed by atoms with Gasteiger partial charge in [0.15, 0.2) is 0 Å². The van der Waals surface area contributed by atoms with E-state index in [0.717, 1.165) is 65.3 Å². The third kappa shape index (κ3) is 3.15. The van der Waals surface area contributed by atoms with E-state index in [2.05, 4.69) is 79.7 Å². The van der Waals surface area contributed by atoms with Crippen LogP contribution in [0, 0.1) is 0 Å². The SMILES string of the molecule is CC1(C)CCC(C)(C)c2nc3c(cc21)B1c2cc4c(nc2Oc2cccc(c21)O3)C(C)(C)CCC4(C)C. The van der Waals surface area contributed by atoms with Crippen LogP contribution in [0.1, 0.15) is 104 Å². The highest BCUT2D eigenvalue weighted by Crippen LogP contribution is 2.48. The average Bonchev–Trinajstić information content (AvgIpc) is 2.83. The zero-order valence-electron chi connectivity index (χ0n) is 23.5. The first-order valence-electron chi connectivity index (χ1n) is 13.9. The molecule has 7 rings (SSSR count). The summed E-state index contributed by atoms with van der Waals surface area (Å²) in [6.07, 6.45) is 4.55. The molecule has 5 heteroatoms. The predicted octanol–water partition coefficient (Wildman–Crippen LogP) is 5.90. The molecule has 1 aromatic carbocycles. The molecule has 0 saturated heterocycles. The molecule has 0 N–H and O–H groups in total. The number of hydrogen-bond donors (Lipinski definition) is 0. The van der Waals surface area contributed by atoms with Crippen LogP contribution < -0.4 is 25.9 Å². The topological polar surface area (TPSA) is 44.2 Å². The van der Waals surface area contributed by atoms with E-state index in [1.807, 2.05) is 6.07 Å². The second-order valence-electron chi connectivity index (χ2n) is 14.4. The minimum Gasteiger partial charge on any atom is -0.440 e. The van der Waals surface area contributed by atoms with Gasteiger partial charge < -0.3 is 9.47 Å². The van der Waals surface area contributed by atoms with E-state index >= 15 is 0 Å². The molecule has 37 heavy (non-hydrogen) atoms. The van der Waals surface area contributed by atoms with Crippen LogP contribution in [0.15, 0.2) is 30.3 Å². The molecule has 0 saturated carbocycles. The molecule has 2 aliphatic heterocycles. The Morgan fingerprint density at radius 1 is 0.622 bits per heavy atom. The van der Waals surface area contributed by atoms with Crippen LogP contribution in [-0.2, 0) is 21.7 Å². The van der Waals surface area contributed by atoms with Crippen LogP contribution in [-0.4, -0.2) is 16.7 Å². The van der Waals surface area contributed by atoms with E-state index in [4.69, 9.17) is 19.4 Å². The molecule has 0 radical (unpaired) electrons. The molecule has 2 aliphatic carbocycles. The Kier molecular flexibility index (Phi) is 4.40. The van der Waals surface area contributed by atoms with Gasteiger partial charge in [0.1, 0.15) is 11.5 Å². The van der Waals surface area contributed by atoms with E-state index in [0.29, 0.717) is 0 Å². The molecular formula is C32H37BN2O2. The van der Waals surface area contributed by atoms with Crippen LogP contribution in [0.4, 0.5) is 0 Å². The largest absolute Gasteiger partial charge is 0.440 e. The maximum Gasteiger partial charge on any atom is 0.265 e. The van der Waals surface area contributed by atoms with Crippen molar-refractivity contribution in [2.75, 3.05) is 0 Å². The van der Waals surface area contributed by atoms with Crippen molar-refractivity contribution in [3.05, 3.63) is 52.8 Å². The van der Waals surface area contributed by atoms with Gasteiger partial charge in [0.25, 0.3) is 6.71 Å². The number of ether oxygens (including phenoxy) is 2. The zero-order chi connectivity index (χ0) is 26.1. The van der Waals surface area contributed by atoms with Gasteiger partial charge in [0.2, 0.25) is 11.8 Å². The molecule has 0 fully saturated rings. The van der Waals surface area contributed by atoms with Crippen molar-refractivity contribution in [1.29, 1.82) is 0 Å². The minimum atomic E-state index is -0.00372. The van der Waals surface area contributed by atoms with Crippen LogP contribution in [0.3, 0.4) is 0 Å². The third-order valence-electron chi connectivity index (χ3n) is 9.87. The standard InChI is InChI=1S/C32H37BN2O2/c1-29(2)12-14-31(5,6)25-18(29)16-20-27(34-25)36-22-10-9-11-23-24(22)33(20)21-17-19-26(35-28(21)37-23)32(7,8)15-13-30(19,3)4/h9-11,16-17H,12-15H2,1-8H3. The quantitative estimate of drug-likeness (QED) is 0.253. The minimum absolute atomic E-state index is 0.00372. The van der Waals surface area contributed by atoms with E-state index in [1.165, 1.54) is 22.5 Å². The number of rotatable bonds is 0. The van der Waals surface area contributed by atoms with Crippen molar-refractivity contribution in [2.45, 2.75) is 103 Å². The summed E-state index contributed by atoms with van der Waals surface area (Å²) in [4.78, 5) is 10.6. The van der Waals surface area contributed by atoms with Crippen molar-refractivity contribution >= 4 is 23.1 Å². The summed E-state index contributed by atoms with van der Waals surface area (Å²) in [5.41, 5.74) is 8.65. The lowest BCUT2D eigenvalue weighted by Crippen LogP contribution is -2.59. The van der Waals surface area contributed by atoms with Gasteiger partial charge in [-0.05, 0) is 70.7 Å². The first-order chi connectivity index (χ1) is 17.3. The Hall–Kier alpha value is -2.82. The number of aromatic nitrogens is 2. The van der Waals surface area contributed by atoms with Crippen LogP contribution >= 0.6 is 0 Å². The van der Waals surface area contributed by atoms with Crippen molar-refractivity contribution in [3.63, 3.8) is 0 Å². The molecule has 4 aliphatic rings. The molecule has 2 aromatic heterocycles. The highest BCUT2D eigenvalue weighted by atomic mass is 16.5. The zero-order valence-corrected chi connectivity index (χ0v) is 23.5. The fourth-order valence-electron chi connectivity index (χ4n) is 7.09. The van der Waals surface area contributed by atoms with Crippen LogP contribution in [0.5, 0.6) is 23.3 Å². The smallest absolute Gasteiger partial charge is 0.265 e. The van der Waals surface area contributed by atoms with E-state index < -0.39 is 0 Å². The molecule has 0 spiro atoms. The molecule has 0 atom stereocenters. The van der Waals surface area contributed by atoms with Crippen LogP contribution in [0.25, 0.3) is 0 Å². The molecule has 0 amide bonds. The molecule has 4 nitrogen and oxygen atoms in total. The third-order valence-corrected chi connectivity index (χ3v) is 9.87. The summed E-state index contributed by atoms with van der Waals surface area (Å²) >= 11 is 0. The van der Waals surface area contributed by atoms with Crippen molar-refractivity contribution in [2.24, 2.45) is 0 Å². The molecule has 0 bridgehead atoms. The lowest BCUT2D eigenvalue weighted by Gasteiger charge is -2.43. The van der Waals surface area contributed by atoms with Gasteiger partial charge in [-0.1, -0.05) is 73.6 Å². The Balaban J connectivity index is 1.52. The van der Waals surface area contributed by atoms with E-state index in [9.17, 15) is 0 Å². The van der Waals surface area contributed by atoms with E-state index in [-0.39, 0.29) is 28.4 Å². The lowest BCUT2D eigenvalue weighted by molar-refractivity contribution is 0.318. The first-order valence-corrected chi connectivity index (χ1v) is 13.9. The summed E-state index contributed by atoms with van der Waals surface area (Å²) in [6.45, 7) is 18.7. The monoisotopic (exact) mass is 492 g/mol. The van der Waals surface area contributed by atoms with Gasteiger partial charge in [-0.15, -0.1) is 0 Å². The average molecular weight is 492 g/mol. The van der Waals surface area contributed by atoms with Crippen LogP contribution in [0.2, 0.25) is 0 Å². The first kappa shape index (κ1) is 23.3. The number of fused-ring (bicyclic) bond motifs is 6. The van der Waals surface area contributed by atoms with Gasteiger partial charge in [-0.25, -0.2) is 9.97 Å². The number of hydrogen-bond acceptors (Lipinski definition) is 4. The summed E-state index contributed by atoms with van der Waals surface area (Å²) in [7, 11) is 0. The number of nitrogens with zero attached hydrogens (tertiary/aromatic N) is 2. The Labute approximate surface area is 221 Å². The predicted molar refractivity (Wildman–Crippen MR) is 150 cm³/mol. The summed E-state index contributed by atoms with van der Waals surface area (Å²) in [6, 6.07) is 10.9. The van der Waals surface area contributed by atoms with Crippen molar-refractivity contribution < 1.29 is 9.47 Å². The summed E-state index contributed by atoms with van der Waals surface area (Å²) in [5, 5.41) is 0. The van der Waals surface area contributed by atoms with Crippen molar-refractivity contribution in [3.8, 4) is 23.3 Å². The fourth-order valence-corrected chi connectivity index (χ4v) is 7.09. The van der Waals surface area contributed by atoms with Gasteiger partial charge in [0, 0.05) is 16.3 Å². The summed E-state index contributed by atoms with van der Waals surface area (Å²) < 4.78 is 13.1. The second-order valence-corrected chi connectivity index (χ2v) is 14.4. The lowest BCUT2D eigenvalue weighted by atomic mass is 9.35. The van der Waals surface area contributed by atoms with Gasteiger partial charge >= 0.3 is 0 Å². The van der Waals surface area contributed by atoms with Gasteiger partial charge in [-0.2, -0.15) is 0 Å². The molecular weight excluding hydrogens is 455 g/mol. The maximum atomic E-state index is 6.54. The molecule has 0 unspecified atom stereocenters. The van der Waals surface area contributed by atoms with Gasteiger partial charge in [-0.3, -0.25) is 0 Å². The molecule has 3 aromatic rings. The summed E-state index contributed by atoms with van der Waals surface area (Å²) in [5.74, 6) is 3.17. The highest BCUT2D eigenvalue weighted by Gasteiger charge is 2.47. The maximum absolute atomic E-state index is 6.54. The van der Waals surface area contributed by atoms with Crippen molar-refractivity contribution in [1.82, 2.24) is 9.97 Å². The normalized spacial score (nSPS) is 22.3. The Morgan fingerprint density at radius 2 is 1.03 bits per heavy atom.